The second-order valence-corrected chi connectivity index (χ2v) is 14.7. The number of imidazole rings is 1. The molecule has 2 aliphatic rings. The Labute approximate surface area is 300 Å². The van der Waals surface area contributed by atoms with Gasteiger partial charge >= 0.3 is 12.2 Å². The van der Waals surface area contributed by atoms with Gasteiger partial charge in [-0.3, -0.25) is 9.59 Å². The molecule has 1 aromatic heterocycles. The van der Waals surface area contributed by atoms with Crippen molar-refractivity contribution in [2.24, 2.45) is 5.92 Å². The van der Waals surface area contributed by atoms with Gasteiger partial charge in [-0.25, -0.2) is 14.6 Å². The number of ether oxygens (including phenoxy) is 2. The van der Waals surface area contributed by atoms with Gasteiger partial charge < -0.3 is 34.9 Å². The Kier molecular flexibility index (Phi) is 11.7. The lowest BCUT2D eigenvalue weighted by atomic mass is 9.89. The molecule has 1 saturated heterocycles. The predicted molar refractivity (Wildman–Crippen MR) is 195 cm³/mol. The number of aryl methyl sites for hydroxylation is 2. The number of alkyl carbamates (subject to hydrolysis) is 1. The number of carbonyl (C=O) groups excluding carboxylic acids is 4. The van der Waals surface area contributed by atoms with Gasteiger partial charge in [-0.05, 0) is 87.6 Å². The molecule has 3 N–H and O–H groups in total. The van der Waals surface area contributed by atoms with Gasteiger partial charge in [0.25, 0.3) is 5.91 Å². The Morgan fingerprint density at radius 1 is 1.04 bits per heavy atom. The second-order valence-electron chi connectivity index (χ2n) is 14.7. The third-order valence-corrected chi connectivity index (χ3v) is 9.34. The highest BCUT2D eigenvalue weighted by Gasteiger charge is 2.38. The Balaban J connectivity index is 1.24. The van der Waals surface area contributed by atoms with Crippen LogP contribution in [0, 0.1) is 5.92 Å². The highest BCUT2D eigenvalue weighted by molar-refractivity contribution is 5.94. The van der Waals surface area contributed by atoms with E-state index < -0.39 is 17.7 Å². The fourth-order valence-electron chi connectivity index (χ4n) is 6.77. The lowest BCUT2D eigenvalue weighted by Crippen LogP contribution is -2.51. The summed E-state index contributed by atoms with van der Waals surface area (Å²) >= 11 is 0. The summed E-state index contributed by atoms with van der Waals surface area (Å²) in [5.41, 5.74) is 6.28. The maximum absolute atomic E-state index is 13.6. The van der Waals surface area contributed by atoms with E-state index in [1.54, 1.807) is 4.90 Å². The molecule has 1 aliphatic heterocycles. The van der Waals surface area contributed by atoms with Crippen molar-refractivity contribution in [3.8, 4) is 22.4 Å². The van der Waals surface area contributed by atoms with Crippen molar-refractivity contribution in [3.05, 3.63) is 65.1 Å². The smallest absolute Gasteiger partial charge is 0.410 e. The molecule has 2 unspecified atom stereocenters. The highest BCUT2D eigenvalue weighted by atomic mass is 16.6. The van der Waals surface area contributed by atoms with Crippen LogP contribution in [0.25, 0.3) is 22.4 Å². The number of methoxy groups -OCH3 is 1. The van der Waals surface area contributed by atoms with Crippen molar-refractivity contribution in [1.29, 1.82) is 0 Å². The molecule has 51 heavy (non-hydrogen) atoms. The number of aromatic amines is 1. The molecule has 2 atom stereocenters. The summed E-state index contributed by atoms with van der Waals surface area (Å²) in [5.74, 6) is 0.352. The number of likely N-dealkylation sites (tertiary alicyclic amines) is 1. The van der Waals surface area contributed by atoms with Crippen LogP contribution in [0.4, 0.5) is 9.59 Å². The van der Waals surface area contributed by atoms with Gasteiger partial charge in [0.1, 0.15) is 17.5 Å². The van der Waals surface area contributed by atoms with Gasteiger partial charge in [0.05, 0.1) is 18.8 Å². The van der Waals surface area contributed by atoms with Crippen molar-refractivity contribution < 1.29 is 28.7 Å². The van der Waals surface area contributed by atoms with E-state index in [0.29, 0.717) is 31.7 Å². The molecule has 2 aromatic carbocycles. The van der Waals surface area contributed by atoms with Gasteiger partial charge in [-0.2, -0.15) is 0 Å². The minimum absolute atomic E-state index is 0.101. The molecule has 12 nitrogen and oxygen atoms in total. The Bertz CT molecular complexity index is 1730. The molecule has 0 bridgehead atoms. The SMILES string of the molecule is CCCN(CCNC(=O)c1ccc(-c2ccc3c(c2)CCc2[nH]c(C4CCCN4C(=O)C(NC(=O)OC)C(C)C)nc2-3)cc1)C(=O)OC(C)(C)C. The number of carbonyl (C=O) groups is 4. The van der Waals surface area contributed by atoms with Crippen LogP contribution in [0.5, 0.6) is 0 Å². The van der Waals surface area contributed by atoms with Crippen LogP contribution in [-0.2, 0) is 27.1 Å². The van der Waals surface area contributed by atoms with E-state index in [-0.39, 0.29) is 29.9 Å². The minimum atomic E-state index is -0.683. The van der Waals surface area contributed by atoms with Gasteiger partial charge in [0, 0.05) is 43.0 Å². The number of H-pyrrole nitrogens is 1. The Morgan fingerprint density at radius 2 is 1.76 bits per heavy atom. The molecule has 12 heteroatoms. The first-order valence-corrected chi connectivity index (χ1v) is 18.0. The fourth-order valence-corrected chi connectivity index (χ4v) is 6.77. The summed E-state index contributed by atoms with van der Waals surface area (Å²) in [6.45, 7) is 13.2. The first-order valence-electron chi connectivity index (χ1n) is 18.0. The molecule has 3 aromatic rings. The average molecular weight is 701 g/mol. The number of hydrogen-bond acceptors (Lipinski definition) is 7. The minimum Gasteiger partial charge on any atom is -0.453 e. The van der Waals surface area contributed by atoms with Crippen LogP contribution < -0.4 is 10.6 Å². The number of amides is 4. The first-order chi connectivity index (χ1) is 24.3. The quantitative estimate of drug-likeness (QED) is 0.214. The summed E-state index contributed by atoms with van der Waals surface area (Å²) in [5, 5.41) is 5.63. The molecule has 5 rings (SSSR count). The van der Waals surface area contributed by atoms with Gasteiger partial charge in [0.2, 0.25) is 5.91 Å². The van der Waals surface area contributed by atoms with Crippen LogP contribution >= 0.6 is 0 Å². The zero-order chi connectivity index (χ0) is 36.9. The number of nitrogens with zero attached hydrogens (tertiary/aromatic N) is 3. The summed E-state index contributed by atoms with van der Waals surface area (Å²) in [6.07, 6.45) is 3.10. The lowest BCUT2D eigenvalue weighted by Gasteiger charge is -2.30. The molecule has 4 amide bonds. The van der Waals surface area contributed by atoms with E-state index in [4.69, 9.17) is 14.5 Å². The van der Waals surface area contributed by atoms with E-state index in [1.165, 1.54) is 12.7 Å². The third-order valence-electron chi connectivity index (χ3n) is 9.34. The molecule has 0 spiro atoms. The number of nitrogens with one attached hydrogen (secondary N) is 3. The van der Waals surface area contributed by atoms with Gasteiger partial charge in [-0.1, -0.05) is 51.1 Å². The lowest BCUT2D eigenvalue weighted by molar-refractivity contribution is -0.135. The maximum Gasteiger partial charge on any atom is 0.410 e. The molecule has 274 valence electrons. The summed E-state index contributed by atoms with van der Waals surface area (Å²) < 4.78 is 10.3. The molecule has 0 radical (unpaired) electrons. The number of rotatable bonds is 11. The van der Waals surface area contributed by atoms with Crippen molar-refractivity contribution in [1.82, 2.24) is 30.4 Å². The molecular formula is C39H52N6O6. The van der Waals surface area contributed by atoms with E-state index in [0.717, 1.165) is 66.0 Å². The summed E-state index contributed by atoms with van der Waals surface area (Å²) in [4.78, 5) is 63.1. The molecular weight excluding hydrogens is 648 g/mol. The topological polar surface area (TPSA) is 146 Å². The Hall–Kier alpha value is -4.87. The van der Waals surface area contributed by atoms with Gasteiger partial charge in [-0.15, -0.1) is 0 Å². The number of hydrogen-bond donors (Lipinski definition) is 3. The van der Waals surface area contributed by atoms with Crippen LogP contribution in [0.2, 0.25) is 0 Å². The van der Waals surface area contributed by atoms with Crippen LogP contribution in [0.1, 0.15) is 94.3 Å². The van der Waals surface area contributed by atoms with Crippen molar-refractivity contribution in [3.63, 3.8) is 0 Å². The van der Waals surface area contributed by atoms with Crippen LogP contribution in [-0.4, -0.2) is 88.7 Å². The van der Waals surface area contributed by atoms with E-state index in [2.05, 4.69) is 33.8 Å². The van der Waals surface area contributed by atoms with E-state index in [9.17, 15) is 19.2 Å². The van der Waals surface area contributed by atoms with Crippen molar-refractivity contribution >= 4 is 24.0 Å². The predicted octanol–water partition coefficient (Wildman–Crippen LogP) is 6.26. The zero-order valence-corrected chi connectivity index (χ0v) is 30.9. The summed E-state index contributed by atoms with van der Waals surface area (Å²) in [7, 11) is 1.29. The second kappa shape index (κ2) is 16.0. The van der Waals surface area contributed by atoms with E-state index in [1.807, 2.05) is 70.7 Å². The monoisotopic (exact) mass is 700 g/mol. The number of fused-ring (bicyclic) bond motifs is 3. The zero-order valence-electron chi connectivity index (χ0n) is 30.9. The molecule has 1 aliphatic carbocycles. The molecule has 2 heterocycles. The standard InChI is InChI=1S/C39H52N6O6/c1-8-20-44(38(49)51-39(4,5)6)22-19-40-35(46)26-13-11-25(12-14-26)27-15-17-29-28(23-27)16-18-30-33(29)42-34(41-30)31-10-9-21-45(31)36(47)32(24(2)3)43-37(48)50-7/h11-15,17,23-24,31-32H,8-10,16,18-22H2,1-7H3,(H,40,46)(H,41,42)(H,43,48). The third kappa shape index (κ3) is 8.90. The van der Waals surface area contributed by atoms with Crippen molar-refractivity contribution in [2.75, 3.05) is 33.3 Å². The first kappa shape index (κ1) is 37.4. The molecule has 1 fully saturated rings. The van der Waals surface area contributed by atoms with Gasteiger partial charge in [0.15, 0.2) is 0 Å². The molecule has 0 saturated carbocycles. The normalized spacial score (nSPS) is 15.8. The number of aromatic nitrogens is 2. The Morgan fingerprint density at radius 3 is 2.43 bits per heavy atom. The van der Waals surface area contributed by atoms with Crippen LogP contribution in [0.3, 0.4) is 0 Å². The van der Waals surface area contributed by atoms with Crippen molar-refractivity contribution in [2.45, 2.75) is 91.3 Å². The number of benzene rings is 2. The largest absolute Gasteiger partial charge is 0.453 e. The maximum atomic E-state index is 13.6. The summed E-state index contributed by atoms with van der Waals surface area (Å²) in [6, 6.07) is 13.0. The fraction of sp³-hybridized carbons (Fsp3) is 0.513. The van der Waals surface area contributed by atoms with Crippen LogP contribution in [0.15, 0.2) is 42.5 Å². The average Bonchev–Trinajstić information content (AvgIpc) is 3.76. The van der Waals surface area contributed by atoms with E-state index >= 15 is 0 Å². The highest BCUT2D eigenvalue weighted by Crippen LogP contribution is 2.38.